The van der Waals surface area contributed by atoms with Gasteiger partial charge in [-0.15, -0.1) is 0 Å². The third-order valence-electron chi connectivity index (χ3n) is 1.70. The van der Waals surface area contributed by atoms with E-state index >= 15 is 0 Å². The summed E-state index contributed by atoms with van der Waals surface area (Å²) in [6.07, 6.45) is 0.441. The summed E-state index contributed by atoms with van der Waals surface area (Å²) in [5.74, 6) is -0.0284. The van der Waals surface area contributed by atoms with Crippen molar-refractivity contribution in [2.24, 2.45) is 3.50 Å². The molecule has 0 atom stereocenters. The van der Waals surface area contributed by atoms with E-state index < -0.39 is 0 Å². The fraction of sp³-hybridized carbons (Fsp3) is 0.222. The van der Waals surface area contributed by atoms with Gasteiger partial charge in [0.25, 0.3) is 0 Å². The molecule has 0 bridgehead atoms. The molecular formula is C9H9NOW. The van der Waals surface area contributed by atoms with Crippen LogP contribution in [0.2, 0.25) is 0 Å². The van der Waals surface area contributed by atoms with Gasteiger partial charge >= 0.3 is 82.6 Å². The van der Waals surface area contributed by atoms with E-state index in [1.54, 1.807) is 0 Å². The van der Waals surface area contributed by atoms with Gasteiger partial charge in [-0.25, -0.2) is 0 Å². The Balaban J connectivity index is 2.82. The Morgan fingerprint density at radius 2 is 2.17 bits per heavy atom. The van der Waals surface area contributed by atoms with Crippen molar-refractivity contribution >= 4 is 5.91 Å². The van der Waals surface area contributed by atoms with Crippen molar-refractivity contribution in [3.8, 4) is 0 Å². The van der Waals surface area contributed by atoms with Crippen LogP contribution in [0.25, 0.3) is 0 Å². The first kappa shape index (κ1) is 9.47. The Bertz CT molecular complexity index is 309. The van der Waals surface area contributed by atoms with Crippen LogP contribution in [0.4, 0.5) is 0 Å². The van der Waals surface area contributed by atoms with Gasteiger partial charge < -0.3 is 0 Å². The van der Waals surface area contributed by atoms with E-state index in [-0.39, 0.29) is 5.91 Å². The third-order valence-corrected chi connectivity index (χ3v) is 2.44. The molecule has 0 N–H and O–H groups in total. The molecule has 0 unspecified atom stereocenters. The van der Waals surface area contributed by atoms with E-state index in [1.165, 1.54) is 0 Å². The van der Waals surface area contributed by atoms with Crippen LogP contribution in [0.5, 0.6) is 0 Å². The van der Waals surface area contributed by atoms with Crippen molar-refractivity contribution in [1.82, 2.24) is 0 Å². The Hall–Kier alpha value is -0.622. The van der Waals surface area contributed by atoms with E-state index in [1.807, 2.05) is 31.2 Å². The van der Waals surface area contributed by atoms with Crippen LogP contribution in [0.1, 0.15) is 11.1 Å². The zero-order chi connectivity index (χ0) is 8.97. The van der Waals surface area contributed by atoms with Gasteiger partial charge in [0.05, 0.1) is 0 Å². The average molecular weight is 331 g/mol. The normalized spacial score (nSPS) is 9.42. The predicted octanol–water partition coefficient (Wildman–Crippen LogP) is 1.79. The zero-order valence-electron chi connectivity index (χ0n) is 6.78. The summed E-state index contributed by atoms with van der Waals surface area (Å²) in [4.78, 5) is 11.0. The number of carbonyl (C=O) groups is 1. The van der Waals surface area contributed by atoms with Crippen molar-refractivity contribution in [2.75, 3.05) is 0 Å². The second-order valence-corrected chi connectivity index (χ2v) is 3.24. The fourth-order valence-corrected chi connectivity index (χ4v) is 1.24. The van der Waals surface area contributed by atoms with Gasteiger partial charge in [0, 0.05) is 0 Å². The molecule has 0 aliphatic heterocycles. The van der Waals surface area contributed by atoms with E-state index in [0.29, 0.717) is 6.42 Å². The Kier molecular flexibility index (Phi) is 3.48. The topological polar surface area (TPSA) is 29.4 Å². The van der Waals surface area contributed by atoms with Gasteiger partial charge in [-0.05, 0) is 0 Å². The predicted molar refractivity (Wildman–Crippen MR) is 42.3 cm³/mol. The van der Waals surface area contributed by atoms with Crippen LogP contribution in [-0.4, -0.2) is 5.91 Å². The van der Waals surface area contributed by atoms with Crippen LogP contribution < -0.4 is 0 Å². The second-order valence-electron chi connectivity index (χ2n) is 2.59. The number of hydrogen-bond acceptors (Lipinski definition) is 1. The second kappa shape index (κ2) is 4.42. The molecule has 1 rings (SSSR count). The SMILES string of the molecule is Cc1ccccc1CC(=O)[N]=[W]. The molecule has 3 heteroatoms. The minimum absolute atomic E-state index is 0.0284. The van der Waals surface area contributed by atoms with Crippen molar-refractivity contribution < 1.29 is 24.4 Å². The van der Waals surface area contributed by atoms with Crippen LogP contribution in [0, 0.1) is 6.92 Å². The molecule has 0 saturated heterocycles. The van der Waals surface area contributed by atoms with Crippen molar-refractivity contribution in [3.05, 3.63) is 35.4 Å². The van der Waals surface area contributed by atoms with Gasteiger partial charge in [0.15, 0.2) is 0 Å². The summed E-state index contributed by atoms with van der Waals surface area (Å²) >= 11 is 0.976. The van der Waals surface area contributed by atoms with Crippen molar-refractivity contribution in [1.29, 1.82) is 0 Å². The molecule has 0 heterocycles. The summed E-state index contributed by atoms with van der Waals surface area (Å²) < 4.78 is 3.67. The number of benzene rings is 1. The van der Waals surface area contributed by atoms with E-state index in [2.05, 4.69) is 3.50 Å². The average Bonchev–Trinajstić information content (AvgIpc) is 2.09. The Morgan fingerprint density at radius 1 is 1.50 bits per heavy atom. The number of amides is 1. The van der Waals surface area contributed by atoms with Crippen molar-refractivity contribution in [2.45, 2.75) is 13.3 Å². The summed E-state index contributed by atoms with van der Waals surface area (Å²) in [5.41, 5.74) is 2.23. The van der Waals surface area contributed by atoms with Gasteiger partial charge in [-0.3, -0.25) is 0 Å². The molecule has 0 radical (unpaired) electrons. The molecule has 0 spiro atoms. The van der Waals surface area contributed by atoms with Crippen LogP contribution >= 0.6 is 0 Å². The number of hydrogen-bond donors (Lipinski definition) is 0. The van der Waals surface area contributed by atoms with E-state index in [9.17, 15) is 4.79 Å². The fourth-order valence-electron chi connectivity index (χ4n) is 1.00. The molecule has 0 fully saturated rings. The number of aryl methyl sites for hydroxylation is 1. The zero-order valence-corrected chi connectivity index (χ0v) is 9.71. The number of nitrogens with zero attached hydrogens (tertiary/aromatic N) is 1. The van der Waals surface area contributed by atoms with Gasteiger partial charge in [-0.2, -0.15) is 0 Å². The molecule has 0 aliphatic rings. The molecule has 1 aromatic carbocycles. The first-order valence-electron chi connectivity index (χ1n) is 3.64. The summed E-state index contributed by atoms with van der Waals surface area (Å²) in [6, 6.07) is 7.88. The molecular weight excluding hydrogens is 322 g/mol. The quantitative estimate of drug-likeness (QED) is 0.813. The molecule has 62 valence electrons. The molecule has 0 saturated carbocycles. The molecule has 1 aromatic rings. The Morgan fingerprint density at radius 3 is 2.75 bits per heavy atom. The Labute approximate surface area is 82.7 Å². The van der Waals surface area contributed by atoms with E-state index in [0.717, 1.165) is 30.8 Å². The molecule has 2 nitrogen and oxygen atoms in total. The van der Waals surface area contributed by atoms with Gasteiger partial charge in [0.2, 0.25) is 0 Å². The van der Waals surface area contributed by atoms with Gasteiger partial charge in [-0.1, -0.05) is 0 Å². The molecule has 0 aromatic heterocycles. The number of rotatable bonds is 2. The number of carbonyl (C=O) groups excluding carboxylic acids is 1. The summed E-state index contributed by atoms with van der Waals surface area (Å²) in [6.45, 7) is 2.01. The van der Waals surface area contributed by atoms with Crippen LogP contribution in [0.3, 0.4) is 0 Å². The third kappa shape index (κ3) is 2.45. The molecule has 1 amide bonds. The van der Waals surface area contributed by atoms with Crippen LogP contribution in [0.15, 0.2) is 27.8 Å². The molecule has 0 aliphatic carbocycles. The summed E-state index contributed by atoms with van der Waals surface area (Å²) in [5, 5.41) is 0. The standard InChI is InChI=1S/C9H9NO.W/c1-7-4-2-3-5-8(7)6-9(10)11;/h2-5H,6H2,1H3;. The monoisotopic (exact) mass is 331 g/mol. The maximum atomic E-state index is 11.0. The minimum atomic E-state index is -0.0284. The summed E-state index contributed by atoms with van der Waals surface area (Å²) in [7, 11) is 0. The maximum absolute atomic E-state index is 11.0. The van der Waals surface area contributed by atoms with Crippen LogP contribution in [-0.2, 0) is 30.8 Å². The first-order chi connectivity index (χ1) is 5.74. The van der Waals surface area contributed by atoms with Crippen molar-refractivity contribution in [3.63, 3.8) is 0 Å². The van der Waals surface area contributed by atoms with E-state index in [4.69, 9.17) is 0 Å². The first-order valence-corrected chi connectivity index (χ1v) is 4.96. The van der Waals surface area contributed by atoms with Gasteiger partial charge in [0.1, 0.15) is 0 Å². The molecule has 12 heavy (non-hydrogen) atoms.